The molecule has 0 unspecified atom stereocenters. The summed E-state index contributed by atoms with van der Waals surface area (Å²) in [7, 11) is 0. The molecule has 0 saturated heterocycles. The number of carbonyl (C=O) groups is 2. The molecular formula is C10H22N4O2. The predicted molar refractivity (Wildman–Crippen MR) is 62.6 cm³/mol. The Kier molecular flexibility index (Phi) is 9.64. The molecule has 0 aliphatic heterocycles. The first-order chi connectivity index (χ1) is 7.70. The molecule has 0 atom stereocenters. The molecule has 16 heavy (non-hydrogen) atoms. The fourth-order valence-corrected chi connectivity index (χ4v) is 1.17. The van der Waals surface area contributed by atoms with Gasteiger partial charge in [-0.2, -0.15) is 0 Å². The third-order valence-electron chi connectivity index (χ3n) is 1.99. The van der Waals surface area contributed by atoms with E-state index in [9.17, 15) is 9.59 Å². The van der Waals surface area contributed by atoms with Gasteiger partial charge in [0.1, 0.15) is 0 Å². The molecule has 0 heterocycles. The van der Waals surface area contributed by atoms with Crippen molar-refractivity contribution in [3.05, 3.63) is 0 Å². The van der Waals surface area contributed by atoms with Crippen molar-refractivity contribution in [2.45, 2.75) is 25.7 Å². The van der Waals surface area contributed by atoms with Gasteiger partial charge in [0.25, 0.3) is 0 Å². The van der Waals surface area contributed by atoms with Crippen LogP contribution in [0.3, 0.4) is 0 Å². The zero-order valence-corrected chi connectivity index (χ0v) is 9.63. The first-order valence-electron chi connectivity index (χ1n) is 5.64. The maximum absolute atomic E-state index is 11.1. The molecule has 6 N–H and O–H groups in total. The number of hydrogen-bond acceptors (Lipinski definition) is 4. The highest BCUT2D eigenvalue weighted by atomic mass is 16.2. The highest BCUT2D eigenvalue weighted by Gasteiger charge is 2.02. The van der Waals surface area contributed by atoms with Crippen molar-refractivity contribution < 1.29 is 9.59 Å². The molecule has 0 saturated carbocycles. The zero-order chi connectivity index (χ0) is 12.2. The van der Waals surface area contributed by atoms with Crippen molar-refractivity contribution in [2.24, 2.45) is 11.5 Å². The van der Waals surface area contributed by atoms with E-state index in [-0.39, 0.29) is 11.8 Å². The van der Waals surface area contributed by atoms with E-state index in [1.807, 2.05) is 0 Å². The SMILES string of the molecule is NCCNC(=O)CCCCC(=O)NCCN. The third kappa shape index (κ3) is 9.42. The number of rotatable bonds is 9. The minimum Gasteiger partial charge on any atom is -0.355 e. The van der Waals surface area contributed by atoms with Crippen LogP contribution in [0.4, 0.5) is 0 Å². The highest BCUT2D eigenvalue weighted by molar-refractivity contribution is 5.77. The van der Waals surface area contributed by atoms with Crippen molar-refractivity contribution >= 4 is 11.8 Å². The second-order valence-corrected chi connectivity index (χ2v) is 3.48. The van der Waals surface area contributed by atoms with Crippen LogP contribution in [0.1, 0.15) is 25.7 Å². The van der Waals surface area contributed by atoms with Crippen LogP contribution in [-0.4, -0.2) is 38.0 Å². The molecule has 0 fully saturated rings. The molecule has 0 aromatic heterocycles. The smallest absolute Gasteiger partial charge is 0.220 e. The van der Waals surface area contributed by atoms with Crippen LogP contribution >= 0.6 is 0 Å². The second kappa shape index (κ2) is 10.4. The molecular weight excluding hydrogens is 208 g/mol. The van der Waals surface area contributed by atoms with Crippen molar-refractivity contribution in [1.29, 1.82) is 0 Å². The topological polar surface area (TPSA) is 110 Å². The molecule has 0 rings (SSSR count). The Morgan fingerprint density at radius 2 is 1.19 bits per heavy atom. The van der Waals surface area contributed by atoms with Crippen LogP contribution < -0.4 is 22.1 Å². The van der Waals surface area contributed by atoms with Crippen LogP contribution in [-0.2, 0) is 9.59 Å². The van der Waals surface area contributed by atoms with Crippen LogP contribution in [0, 0.1) is 0 Å². The monoisotopic (exact) mass is 230 g/mol. The van der Waals surface area contributed by atoms with Crippen LogP contribution in [0.15, 0.2) is 0 Å². The number of nitrogens with two attached hydrogens (primary N) is 2. The molecule has 0 aromatic rings. The van der Waals surface area contributed by atoms with Gasteiger partial charge in [0.2, 0.25) is 11.8 Å². The fourth-order valence-electron chi connectivity index (χ4n) is 1.17. The van der Waals surface area contributed by atoms with Gasteiger partial charge in [-0.25, -0.2) is 0 Å². The standard InChI is InChI=1S/C10H22N4O2/c11-5-7-13-9(15)3-1-2-4-10(16)14-8-6-12/h1-8,11-12H2,(H,13,15)(H,14,16). The average Bonchev–Trinajstić information content (AvgIpc) is 2.29. The lowest BCUT2D eigenvalue weighted by atomic mass is 10.2. The molecule has 0 spiro atoms. The van der Waals surface area contributed by atoms with Gasteiger partial charge in [0, 0.05) is 39.0 Å². The number of carbonyl (C=O) groups excluding carboxylic acids is 2. The fraction of sp³-hybridized carbons (Fsp3) is 0.800. The largest absolute Gasteiger partial charge is 0.355 e. The Labute approximate surface area is 96.1 Å². The number of amides is 2. The summed E-state index contributed by atoms with van der Waals surface area (Å²) in [6.45, 7) is 1.92. The van der Waals surface area contributed by atoms with Crippen molar-refractivity contribution in [1.82, 2.24) is 10.6 Å². The van der Waals surface area contributed by atoms with Crippen LogP contribution in [0.25, 0.3) is 0 Å². The summed E-state index contributed by atoms with van der Waals surface area (Å²) in [5.41, 5.74) is 10.5. The summed E-state index contributed by atoms with van der Waals surface area (Å²) in [6.07, 6.45) is 2.33. The van der Waals surface area contributed by atoms with Crippen LogP contribution in [0.2, 0.25) is 0 Å². The van der Waals surface area contributed by atoms with E-state index in [2.05, 4.69) is 10.6 Å². The first kappa shape index (κ1) is 14.9. The average molecular weight is 230 g/mol. The Balaban J connectivity index is 3.31. The first-order valence-corrected chi connectivity index (χ1v) is 5.64. The summed E-state index contributed by atoms with van der Waals surface area (Å²) >= 11 is 0. The lowest BCUT2D eigenvalue weighted by molar-refractivity contribution is -0.122. The Bertz CT molecular complexity index is 187. The summed E-state index contributed by atoms with van der Waals surface area (Å²) < 4.78 is 0. The van der Waals surface area contributed by atoms with E-state index in [1.165, 1.54) is 0 Å². The summed E-state index contributed by atoms with van der Waals surface area (Å²) in [4.78, 5) is 22.3. The predicted octanol–water partition coefficient (Wildman–Crippen LogP) is -1.30. The Morgan fingerprint density at radius 1 is 0.812 bits per heavy atom. The minimum atomic E-state index is -0.00665. The lowest BCUT2D eigenvalue weighted by Crippen LogP contribution is -2.29. The van der Waals surface area contributed by atoms with E-state index in [0.717, 1.165) is 0 Å². The summed E-state index contributed by atoms with van der Waals surface area (Å²) in [5.74, 6) is -0.0133. The molecule has 2 amide bonds. The molecule has 6 nitrogen and oxygen atoms in total. The van der Waals surface area contributed by atoms with Gasteiger partial charge in [0.15, 0.2) is 0 Å². The van der Waals surface area contributed by atoms with Gasteiger partial charge >= 0.3 is 0 Å². The van der Waals surface area contributed by atoms with Gasteiger partial charge in [-0.1, -0.05) is 0 Å². The second-order valence-electron chi connectivity index (χ2n) is 3.48. The van der Waals surface area contributed by atoms with E-state index in [4.69, 9.17) is 11.5 Å². The van der Waals surface area contributed by atoms with E-state index in [0.29, 0.717) is 51.9 Å². The Morgan fingerprint density at radius 3 is 1.50 bits per heavy atom. The van der Waals surface area contributed by atoms with Gasteiger partial charge in [-0.15, -0.1) is 0 Å². The van der Waals surface area contributed by atoms with Crippen LogP contribution in [0.5, 0.6) is 0 Å². The van der Waals surface area contributed by atoms with E-state index >= 15 is 0 Å². The van der Waals surface area contributed by atoms with Gasteiger partial charge in [-0.05, 0) is 12.8 Å². The quantitative estimate of drug-likeness (QED) is 0.369. The number of unbranched alkanes of at least 4 members (excludes halogenated alkanes) is 1. The third-order valence-corrected chi connectivity index (χ3v) is 1.99. The van der Waals surface area contributed by atoms with E-state index in [1.54, 1.807) is 0 Å². The maximum Gasteiger partial charge on any atom is 0.220 e. The highest BCUT2D eigenvalue weighted by Crippen LogP contribution is 1.99. The minimum absolute atomic E-state index is 0.00665. The normalized spacial score (nSPS) is 9.88. The molecule has 0 radical (unpaired) electrons. The molecule has 0 aliphatic rings. The van der Waals surface area contributed by atoms with Crippen molar-refractivity contribution in [3.8, 4) is 0 Å². The molecule has 0 aliphatic carbocycles. The molecule has 0 aromatic carbocycles. The van der Waals surface area contributed by atoms with Crippen molar-refractivity contribution in [2.75, 3.05) is 26.2 Å². The van der Waals surface area contributed by atoms with Gasteiger partial charge in [0.05, 0.1) is 0 Å². The number of hydrogen-bond donors (Lipinski definition) is 4. The molecule has 94 valence electrons. The number of nitrogens with one attached hydrogen (secondary N) is 2. The Hall–Kier alpha value is -1.14. The summed E-state index contributed by atoms with van der Waals surface area (Å²) in [6, 6.07) is 0. The zero-order valence-electron chi connectivity index (χ0n) is 9.63. The van der Waals surface area contributed by atoms with E-state index < -0.39 is 0 Å². The van der Waals surface area contributed by atoms with Gasteiger partial charge in [-0.3, -0.25) is 9.59 Å². The summed E-state index contributed by atoms with van der Waals surface area (Å²) in [5, 5.41) is 5.35. The van der Waals surface area contributed by atoms with Gasteiger partial charge < -0.3 is 22.1 Å². The lowest BCUT2D eigenvalue weighted by Gasteiger charge is -2.04. The maximum atomic E-state index is 11.1. The molecule has 6 heteroatoms. The molecule has 0 bridgehead atoms. The van der Waals surface area contributed by atoms with Crippen molar-refractivity contribution in [3.63, 3.8) is 0 Å².